The molecule has 0 saturated carbocycles. The summed E-state index contributed by atoms with van der Waals surface area (Å²) >= 11 is 0. The van der Waals surface area contributed by atoms with Crippen molar-refractivity contribution in [2.24, 2.45) is 5.92 Å². The number of esters is 4. The lowest BCUT2D eigenvalue weighted by atomic mass is 9.98. The van der Waals surface area contributed by atoms with Crippen LogP contribution in [0.1, 0.15) is 66.2 Å². The predicted octanol–water partition coefficient (Wildman–Crippen LogP) is 0.598. The first-order valence-corrected chi connectivity index (χ1v) is 17.7. The SMILES string of the molecule is CCOC(=O)C(NCCCNC(=O)[C@H](CC(C)C)NC(=O)OCc1ccccc1)[C@@H](OC(C)=O)[C@H]1O[C@@H](n2ccc(=O)[nH]c2=O)[C@H](OC(C)=O)[C@@H]1OC(C)=O. The molecule has 1 aromatic heterocycles. The van der Waals surface area contributed by atoms with Gasteiger partial charge < -0.3 is 44.4 Å². The van der Waals surface area contributed by atoms with Crippen molar-refractivity contribution >= 4 is 35.9 Å². The van der Waals surface area contributed by atoms with Gasteiger partial charge in [-0.05, 0) is 37.8 Å². The average molecular weight is 776 g/mol. The molecule has 1 unspecified atom stereocenters. The Kier molecular flexibility index (Phi) is 17.0. The maximum absolute atomic E-state index is 13.4. The standard InChI is InChI=1S/C36H49N5O14/c1-7-50-34(47)27(37-15-11-16-38-32(46)25(18-20(2)3)39-36(49)51-19-24-12-9-8-10-13-24)28(52-21(4)42)29-30(53-22(5)43)31(54-23(6)44)33(55-29)41-17-14-26(45)40-35(41)48/h8-10,12-14,17,20,25,27-31,33,37H,7,11,15-16,18-19H2,1-6H3,(H,38,46)(H,39,49)(H,40,45,48)/t25-,27?,28+,29+,30+,31+,33+/m0/s1. The van der Waals surface area contributed by atoms with Gasteiger partial charge in [-0.3, -0.25) is 38.3 Å². The van der Waals surface area contributed by atoms with Crippen molar-refractivity contribution in [3.63, 3.8) is 0 Å². The van der Waals surface area contributed by atoms with Gasteiger partial charge in [0.2, 0.25) is 5.91 Å². The van der Waals surface area contributed by atoms with E-state index in [1.54, 1.807) is 19.1 Å². The molecule has 7 atom stereocenters. The van der Waals surface area contributed by atoms with Crippen LogP contribution in [0.3, 0.4) is 0 Å². The Hall–Kier alpha value is -5.56. The Morgan fingerprint density at radius 1 is 0.891 bits per heavy atom. The van der Waals surface area contributed by atoms with E-state index in [9.17, 15) is 38.4 Å². The van der Waals surface area contributed by atoms with Crippen molar-refractivity contribution in [1.29, 1.82) is 0 Å². The van der Waals surface area contributed by atoms with Crippen LogP contribution in [0.4, 0.5) is 4.79 Å². The highest BCUT2D eigenvalue weighted by atomic mass is 16.7. The smallest absolute Gasteiger partial charge is 0.408 e. The number of hydrogen-bond donors (Lipinski definition) is 4. The van der Waals surface area contributed by atoms with Gasteiger partial charge in [0.15, 0.2) is 24.5 Å². The van der Waals surface area contributed by atoms with Crippen LogP contribution in [0.25, 0.3) is 0 Å². The number of alkyl carbamates (subject to hydrolysis) is 1. The van der Waals surface area contributed by atoms with Crippen LogP contribution < -0.4 is 27.2 Å². The maximum atomic E-state index is 13.4. The molecule has 0 aliphatic carbocycles. The topological polar surface area (TPSA) is 249 Å². The third kappa shape index (κ3) is 13.7. The van der Waals surface area contributed by atoms with E-state index in [0.717, 1.165) is 43.2 Å². The summed E-state index contributed by atoms with van der Waals surface area (Å²) in [7, 11) is 0. The lowest BCUT2D eigenvalue weighted by Gasteiger charge is -2.32. The Labute approximate surface area is 316 Å². The summed E-state index contributed by atoms with van der Waals surface area (Å²) in [5, 5.41) is 8.32. The average Bonchev–Trinajstić information content (AvgIpc) is 3.43. The molecule has 4 N–H and O–H groups in total. The number of carbonyl (C=O) groups is 6. The van der Waals surface area contributed by atoms with Crippen molar-refractivity contribution in [3.8, 4) is 0 Å². The molecule has 0 spiro atoms. The van der Waals surface area contributed by atoms with E-state index in [0.29, 0.717) is 6.42 Å². The zero-order valence-corrected chi connectivity index (χ0v) is 31.6. The van der Waals surface area contributed by atoms with Gasteiger partial charge in [0, 0.05) is 39.6 Å². The molecule has 2 heterocycles. The van der Waals surface area contributed by atoms with E-state index < -0.39 is 89.9 Å². The van der Waals surface area contributed by atoms with E-state index in [-0.39, 0.29) is 38.6 Å². The first-order chi connectivity index (χ1) is 26.1. The normalized spacial score (nSPS) is 19.3. The van der Waals surface area contributed by atoms with Crippen LogP contribution in [-0.2, 0) is 59.0 Å². The summed E-state index contributed by atoms with van der Waals surface area (Å²) in [5.74, 6) is -3.90. The number of rotatable bonds is 19. The van der Waals surface area contributed by atoms with Gasteiger partial charge in [0.1, 0.15) is 24.8 Å². The summed E-state index contributed by atoms with van der Waals surface area (Å²) in [6.45, 7) is 8.57. The second kappa shape index (κ2) is 21.4. The molecule has 3 rings (SSSR count). The second-order valence-corrected chi connectivity index (χ2v) is 12.9. The van der Waals surface area contributed by atoms with Crippen molar-refractivity contribution in [3.05, 3.63) is 69.0 Å². The molecule has 0 radical (unpaired) electrons. The van der Waals surface area contributed by atoms with Crippen LogP contribution in [0, 0.1) is 5.92 Å². The number of hydrogen-bond acceptors (Lipinski definition) is 15. The number of nitrogens with zero attached hydrogens (tertiary/aromatic N) is 1. The number of H-pyrrole nitrogens is 1. The molecule has 1 aliphatic rings. The number of nitrogens with one attached hydrogen (secondary N) is 4. The fourth-order valence-corrected chi connectivity index (χ4v) is 5.80. The summed E-state index contributed by atoms with van der Waals surface area (Å²) in [4.78, 5) is 103. The van der Waals surface area contributed by atoms with Crippen molar-refractivity contribution in [1.82, 2.24) is 25.5 Å². The number of aromatic nitrogens is 2. The number of carbonyl (C=O) groups excluding carboxylic acids is 6. The van der Waals surface area contributed by atoms with Gasteiger partial charge in [0.05, 0.1) is 6.61 Å². The molecule has 19 nitrogen and oxygen atoms in total. The lowest BCUT2D eigenvalue weighted by molar-refractivity contribution is -0.176. The summed E-state index contributed by atoms with van der Waals surface area (Å²) < 4.78 is 34.1. The van der Waals surface area contributed by atoms with E-state index in [1.165, 1.54) is 0 Å². The Morgan fingerprint density at radius 3 is 2.16 bits per heavy atom. The van der Waals surface area contributed by atoms with Crippen molar-refractivity contribution in [2.75, 3.05) is 19.7 Å². The van der Waals surface area contributed by atoms with E-state index in [1.807, 2.05) is 32.0 Å². The molecule has 1 aromatic carbocycles. The third-order valence-corrected chi connectivity index (χ3v) is 8.00. The fourth-order valence-electron chi connectivity index (χ4n) is 5.80. The third-order valence-electron chi connectivity index (χ3n) is 8.00. The zero-order valence-electron chi connectivity index (χ0n) is 31.6. The molecule has 2 aromatic rings. The highest BCUT2D eigenvalue weighted by Crippen LogP contribution is 2.36. The van der Waals surface area contributed by atoms with Gasteiger partial charge in [-0.25, -0.2) is 9.59 Å². The lowest BCUT2D eigenvalue weighted by Crippen LogP contribution is -2.57. The highest BCUT2D eigenvalue weighted by Gasteiger charge is 2.56. The molecule has 0 bridgehead atoms. The number of ether oxygens (including phenoxy) is 6. The van der Waals surface area contributed by atoms with Gasteiger partial charge in [-0.2, -0.15) is 0 Å². The number of amides is 2. The van der Waals surface area contributed by atoms with Crippen LogP contribution in [-0.4, -0.2) is 102 Å². The molecule has 1 aliphatic heterocycles. The minimum Gasteiger partial charge on any atom is -0.465 e. The van der Waals surface area contributed by atoms with Crippen molar-refractivity contribution in [2.45, 2.75) is 104 Å². The molecular weight excluding hydrogens is 726 g/mol. The highest BCUT2D eigenvalue weighted by molar-refractivity contribution is 5.85. The van der Waals surface area contributed by atoms with Crippen LogP contribution >= 0.6 is 0 Å². The first kappa shape index (κ1) is 43.8. The van der Waals surface area contributed by atoms with Crippen molar-refractivity contribution < 1.29 is 57.2 Å². The van der Waals surface area contributed by atoms with Crippen LogP contribution in [0.2, 0.25) is 0 Å². The fraction of sp³-hybridized carbons (Fsp3) is 0.556. The molecule has 55 heavy (non-hydrogen) atoms. The van der Waals surface area contributed by atoms with E-state index in [4.69, 9.17) is 28.4 Å². The maximum Gasteiger partial charge on any atom is 0.408 e. The minimum atomic E-state index is -1.61. The second-order valence-electron chi connectivity index (χ2n) is 12.9. The molecule has 1 fully saturated rings. The van der Waals surface area contributed by atoms with Crippen LogP contribution in [0.15, 0.2) is 52.2 Å². The molecule has 302 valence electrons. The van der Waals surface area contributed by atoms with Gasteiger partial charge in [0.25, 0.3) is 5.56 Å². The number of benzene rings is 1. The zero-order chi connectivity index (χ0) is 40.7. The van der Waals surface area contributed by atoms with E-state index >= 15 is 0 Å². The van der Waals surface area contributed by atoms with Gasteiger partial charge >= 0.3 is 35.7 Å². The number of aromatic amines is 1. The summed E-state index contributed by atoms with van der Waals surface area (Å²) in [5.41, 5.74) is -0.912. The van der Waals surface area contributed by atoms with Gasteiger partial charge in [-0.15, -0.1) is 0 Å². The monoisotopic (exact) mass is 775 g/mol. The summed E-state index contributed by atoms with van der Waals surface area (Å²) in [6.07, 6.45) is -6.90. The quantitative estimate of drug-likeness (QED) is 0.0867. The minimum absolute atomic E-state index is 0.0179. The van der Waals surface area contributed by atoms with Gasteiger partial charge in [-0.1, -0.05) is 44.2 Å². The largest absolute Gasteiger partial charge is 0.465 e. The predicted molar refractivity (Wildman–Crippen MR) is 191 cm³/mol. The summed E-state index contributed by atoms with van der Waals surface area (Å²) in [6, 6.07) is 7.68. The Balaban J connectivity index is 1.79. The molecule has 2 amide bonds. The molecule has 1 saturated heterocycles. The molecule has 19 heteroatoms. The molecular formula is C36H49N5O14. The van der Waals surface area contributed by atoms with E-state index in [2.05, 4.69) is 20.9 Å². The Bertz CT molecular complexity index is 1750. The van der Waals surface area contributed by atoms with Crippen LogP contribution in [0.5, 0.6) is 0 Å². The Morgan fingerprint density at radius 2 is 1.56 bits per heavy atom. The first-order valence-electron chi connectivity index (χ1n) is 17.7.